The zero-order valence-electron chi connectivity index (χ0n) is 11.1. The lowest BCUT2D eigenvalue weighted by molar-refractivity contribution is 0.0616. The molecule has 0 atom stereocenters. The number of aromatic nitrogens is 2. The normalized spacial score (nSPS) is 17.4. The summed E-state index contributed by atoms with van der Waals surface area (Å²) in [4.78, 5) is 4.52. The fourth-order valence-electron chi connectivity index (χ4n) is 2.67. The molecule has 0 bridgehead atoms. The number of hydrogen-bond donors (Lipinski definition) is 0. The summed E-state index contributed by atoms with van der Waals surface area (Å²) < 4.78 is 7.72. The highest BCUT2D eigenvalue weighted by molar-refractivity contribution is 5.77. The fraction of sp³-hybridized carbons (Fsp3) is 0.533. The molecular formula is C15H20N2O. The minimum atomic E-state index is 0.734. The van der Waals surface area contributed by atoms with Crippen LogP contribution in [0.2, 0.25) is 0 Å². The first-order chi connectivity index (χ1) is 8.74. The van der Waals surface area contributed by atoms with Crippen molar-refractivity contribution >= 4 is 11.0 Å². The minimum absolute atomic E-state index is 0.734. The second-order valence-corrected chi connectivity index (χ2v) is 5.38. The number of aryl methyl sites for hydroxylation is 2. The zero-order chi connectivity index (χ0) is 12.5. The van der Waals surface area contributed by atoms with Crippen molar-refractivity contribution in [3.63, 3.8) is 0 Å². The van der Waals surface area contributed by atoms with Gasteiger partial charge in [0.15, 0.2) is 0 Å². The number of benzene rings is 1. The van der Waals surface area contributed by atoms with Crippen LogP contribution >= 0.6 is 0 Å². The molecule has 2 aromatic rings. The number of imidazole rings is 1. The molecule has 0 spiro atoms. The number of nitrogens with zero attached hydrogens (tertiary/aromatic N) is 2. The molecular weight excluding hydrogens is 224 g/mol. The number of hydrogen-bond acceptors (Lipinski definition) is 2. The molecule has 0 saturated carbocycles. The van der Waals surface area contributed by atoms with Gasteiger partial charge in [-0.15, -0.1) is 0 Å². The van der Waals surface area contributed by atoms with Gasteiger partial charge in [0.25, 0.3) is 0 Å². The Morgan fingerprint density at radius 2 is 1.94 bits per heavy atom. The topological polar surface area (TPSA) is 27.1 Å². The fourth-order valence-corrected chi connectivity index (χ4v) is 2.67. The van der Waals surface area contributed by atoms with E-state index in [1.54, 1.807) is 0 Å². The van der Waals surface area contributed by atoms with Crippen molar-refractivity contribution in [2.24, 2.45) is 5.92 Å². The zero-order valence-corrected chi connectivity index (χ0v) is 11.1. The highest BCUT2D eigenvalue weighted by Crippen LogP contribution is 2.22. The third-order valence-electron chi connectivity index (χ3n) is 4.03. The number of rotatable bonds is 2. The Balaban J connectivity index is 1.89. The van der Waals surface area contributed by atoms with Crippen molar-refractivity contribution in [3.8, 4) is 0 Å². The van der Waals surface area contributed by atoms with E-state index >= 15 is 0 Å². The Kier molecular flexibility index (Phi) is 3.08. The monoisotopic (exact) mass is 244 g/mol. The minimum Gasteiger partial charge on any atom is -0.381 e. The number of fused-ring (bicyclic) bond motifs is 1. The Bertz CT molecular complexity index is 553. The van der Waals surface area contributed by atoms with Gasteiger partial charge in [0, 0.05) is 19.8 Å². The van der Waals surface area contributed by atoms with Crippen LogP contribution in [0.5, 0.6) is 0 Å². The molecule has 0 aliphatic carbocycles. The van der Waals surface area contributed by atoms with Gasteiger partial charge in [-0.25, -0.2) is 4.98 Å². The summed E-state index contributed by atoms with van der Waals surface area (Å²) in [6.45, 7) is 7.21. The molecule has 2 heterocycles. The van der Waals surface area contributed by atoms with Crippen LogP contribution < -0.4 is 0 Å². The predicted molar refractivity (Wildman–Crippen MR) is 72.8 cm³/mol. The van der Waals surface area contributed by atoms with E-state index in [2.05, 4.69) is 35.5 Å². The van der Waals surface area contributed by atoms with Crippen molar-refractivity contribution < 1.29 is 4.74 Å². The summed E-state index contributed by atoms with van der Waals surface area (Å²) in [6.07, 6.45) is 4.33. The first-order valence-corrected chi connectivity index (χ1v) is 6.74. The molecule has 1 aliphatic rings. The Morgan fingerprint density at radius 1 is 1.22 bits per heavy atom. The van der Waals surface area contributed by atoms with Crippen molar-refractivity contribution in [2.75, 3.05) is 13.2 Å². The van der Waals surface area contributed by atoms with Crippen molar-refractivity contribution in [3.05, 3.63) is 29.6 Å². The lowest BCUT2D eigenvalue weighted by Gasteiger charge is -2.22. The second kappa shape index (κ2) is 4.73. The second-order valence-electron chi connectivity index (χ2n) is 5.38. The van der Waals surface area contributed by atoms with Gasteiger partial charge >= 0.3 is 0 Å². The molecule has 96 valence electrons. The molecule has 1 aromatic heterocycles. The van der Waals surface area contributed by atoms with Crippen LogP contribution in [0.1, 0.15) is 24.0 Å². The van der Waals surface area contributed by atoms with Crippen LogP contribution in [0.25, 0.3) is 11.0 Å². The van der Waals surface area contributed by atoms with E-state index in [9.17, 15) is 0 Å². The Hall–Kier alpha value is -1.35. The predicted octanol–water partition coefficient (Wildman–Crippen LogP) is 3.08. The van der Waals surface area contributed by atoms with Gasteiger partial charge in [0.05, 0.1) is 17.4 Å². The van der Waals surface area contributed by atoms with E-state index in [0.29, 0.717) is 0 Å². The smallest absolute Gasteiger partial charge is 0.0958 e. The molecule has 3 heteroatoms. The summed E-state index contributed by atoms with van der Waals surface area (Å²) in [5.41, 5.74) is 5.05. The molecule has 0 N–H and O–H groups in total. The number of ether oxygens (including phenoxy) is 1. The van der Waals surface area contributed by atoms with Gasteiger partial charge in [-0.05, 0) is 55.9 Å². The molecule has 0 unspecified atom stereocenters. The van der Waals surface area contributed by atoms with Crippen molar-refractivity contribution in [2.45, 2.75) is 33.2 Å². The summed E-state index contributed by atoms with van der Waals surface area (Å²) in [6, 6.07) is 4.45. The van der Waals surface area contributed by atoms with E-state index in [4.69, 9.17) is 4.74 Å². The summed E-state index contributed by atoms with van der Waals surface area (Å²) in [7, 11) is 0. The maximum absolute atomic E-state index is 5.42. The Morgan fingerprint density at radius 3 is 2.72 bits per heavy atom. The molecule has 1 fully saturated rings. The first-order valence-electron chi connectivity index (χ1n) is 6.74. The summed E-state index contributed by atoms with van der Waals surface area (Å²) in [5.74, 6) is 0.734. The summed E-state index contributed by atoms with van der Waals surface area (Å²) in [5, 5.41) is 0. The molecule has 1 aliphatic heterocycles. The largest absolute Gasteiger partial charge is 0.381 e. The van der Waals surface area contributed by atoms with Crippen molar-refractivity contribution in [1.29, 1.82) is 0 Å². The maximum Gasteiger partial charge on any atom is 0.0958 e. The SMILES string of the molecule is Cc1cc2ncn(CC3CCOCC3)c2cc1C. The highest BCUT2D eigenvalue weighted by atomic mass is 16.5. The first kappa shape index (κ1) is 11.7. The molecule has 3 nitrogen and oxygen atoms in total. The standard InChI is InChI=1S/C15H20N2O/c1-11-7-14-15(8-12(11)2)17(10-16-14)9-13-3-5-18-6-4-13/h7-8,10,13H,3-6,9H2,1-2H3. The van der Waals surface area contributed by atoms with Crippen LogP contribution in [0.4, 0.5) is 0 Å². The van der Waals surface area contributed by atoms with Gasteiger partial charge in [-0.3, -0.25) is 0 Å². The molecule has 0 amide bonds. The van der Waals surface area contributed by atoms with Crippen LogP contribution in [0, 0.1) is 19.8 Å². The van der Waals surface area contributed by atoms with Crippen LogP contribution in [0.3, 0.4) is 0 Å². The van der Waals surface area contributed by atoms with Crippen LogP contribution in [-0.2, 0) is 11.3 Å². The van der Waals surface area contributed by atoms with Gasteiger partial charge in [-0.2, -0.15) is 0 Å². The quantitative estimate of drug-likeness (QED) is 0.811. The van der Waals surface area contributed by atoms with E-state index in [1.807, 2.05) is 6.33 Å². The third-order valence-corrected chi connectivity index (χ3v) is 4.03. The average Bonchev–Trinajstić information content (AvgIpc) is 2.74. The highest BCUT2D eigenvalue weighted by Gasteiger charge is 2.15. The third kappa shape index (κ3) is 2.15. The Labute approximate surface area is 108 Å². The van der Waals surface area contributed by atoms with E-state index < -0.39 is 0 Å². The molecule has 0 radical (unpaired) electrons. The summed E-state index contributed by atoms with van der Waals surface area (Å²) >= 11 is 0. The lowest BCUT2D eigenvalue weighted by Crippen LogP contribution is -2.20. The molecule has 18 heavy (non-hydrogen) atoms. The van der Waals surface area contributed by atoms with Gasteiger partial charge in [0.1, 0.15) is 0 Å². The van der Waals surface area contributed by atoms with E-state index in [1.165, 1.54) is 29.5 Å². The van der Waals surface area contributed by atoms with Gasteiger partial charge in [-0.1, -0.05) is 0 Å². The molecule has 1 saturated heterocycles. The van der Waals surface area contributed by atoms with E-state index in [0.717, 1.165) is 31.2 Å². The maximum atomic E-state index is 5.42. The molecule has 1 aromatic carbocycles. The van der Waals surface area contributed by atoms with Crippen LogP contribution in [-0.4, -0.2) is 22.8 Å². The average molecular weight is 244 g/mol. The van der Waals surface area contributed by atoms with E-state index in [-0.39, 0.29) is 0 Å². The van der Waals surface area contributed by atoms with Crippen LogP contribution in [0.15, 0.2) is 18.5 Å². The van der Waals surface area contributed by atoms with Gasteiger partial charge < -0.3 is 9.30 Å². The molecule has 3 rings (SSSR count). The van der Waals surface area contributed by atoms with Crippen molar-refractivity contribution in [1.82, 2.24) is 9.55 Å². The lowest BCUT2D eigenvalue weighted by atomic mass is 10.0. The van der Waals surface area contributed by atoms with Gasteiger partial charge in [0.2, 0.25) is 0 Å².